The van der Waals surface area contributed by atoms with Crippen LogP contribution in [-0.4, -0.2) is 44.5 Å². The Kier molecular flexibility index (Phi) is 9.68. The molecule has 0 saturated heterocycles. The summed E-state index contributed by atoms with van der Waals surface area (Å²) < 4.78 is 23.3. The molecule has 9 heteroatoms. The first-order chi connectivity index (χ1) is 17.0. The summed E-state index contributed by atoms with van der Waals surface area (Å²) in [5, 5.41) is 4.01. The smallest absolute Gasteiger partial charge is 0.271 e. The van der Waals surface area contributed by atoms with E-state index >= 15 is 0 Å². The summed E-state index contributed by atoms with van der Waals surface area (Å²) in [6, 6.07) is 12.5. The van der Waals surface area contributed by atoms with E-state index in [9.17, 15) is 4.79 Å². The highest BCUT2D eigenvalue weighted by Crippen LogP contribution is 2.36. The first-order valence-corrected chi connectivity index (χ1v) is 11.5. The van der Waals surface area contributed by atoms with E-state index in [-0.39, 0.29) is 12.5 Å². The summed E-state index contributed by atoms with van der Waals surface area (Å²) in [6.45, 7) is 4.34. The van der Waals surface area contributed by atoms with E-state index in [4.69, 9.17) is 18.9 Å². The number of benzene rings is 2. The molecule has 1 aromatic heterocycles. The number of allylic oxidation sites excluding steroid dienone is 1. The zero-order valence-corrected chi connectivity index (χ0v) is 21.1. The van der Waals surface area contributed by atoms with Crippen LogP contribution >= 0.6 is 15.9 Å². The SMILES string of the molecule is C=CCc1ccc(OCCOc2c(Br)cc(/C=N/NC(=O)c3ccncc3)cc2OC)c(OC)c1. The molecule has 0 aliphatic carbocycles. The molecule has 0 unspecified atom stereocenters. The van der Waals surface area contributed by atoms with Crippen LogP contribution in [0.5, 0.6) is 23.0 Å². The van der Waals surface area contributed by atoms with Crippen LogP contribution in [-0.2, 0) is 6.42 Å². The first-order valence-electron chi connectivity index (χ1n) is 10.7. The Balaban J connectivity index is 1.58. The Morgan fingerprint density at radius 3 is 2.49 bits per heavy atom. The molecule has 0 radical (unpaired) electrons. The van der Waals surface area contributed by atoms with Crippen LogP contribution < -0.4 is 24.4 Å². The topological polar surface area (TPSA) is 91.3 Å². The number of nitrogens with one attached hydrogen (secondary N) is 1. The van der Waals surface area contributed by atoms with E-state index in [2.05, 4.69) is 38.0 Å². The van der Waals surface area contributed by atoms with E-state index in [0.29, 0.717) is 45.2 Å². The predicted octanol–water partition coefficient (Wildman–Crippen LogP) is 4.81. The van der Waals surface area contributed by atoms with Gasteiger partial charge in [-0.05, 0) is 69.9 Å². The van der Waals surface area contributed by atoms with E-state index < -0.39 is 0 Å². The number of halogens is 1. The summed E-state index contributed by atoms with van der Waals surface area (Å²) in [4.78, 5) is 16.0. The molecule has 0 spiro atoms. The number of hydrogen-bond donors (Lipinski definition) is 1. The second-order valence-corrected chi connectivity index (χ2v) is 8.00. The third kappa shape index (κ3) is 7.31. The molecule has 2 aromatic carbocycles. The average molecular weight is 540 g/mol. The second-order valence-electron chi connectivity index (χ2n) is 7.14. The van der Waals surface area contributed by atoms with Gasteiger partial charge in [0.15, 0.2) is 23.0 Å². The van der Waals surface area contributed by atoms with Gasteiger partial charge in [-0.2, -0.15) is 5.10 Å². The number of amides is 1. The third-order valence-electron chi connectivity index (χ3n) is 4.77. The lowest BCUT2D eigenvalue weighted by Gasteiger charge is -2.15. The van der Waals surface area contributed by atoms with Crippen molar-refractivity contribution in [3.8, 4) is 23.0 Å². The van der Waals surface area contributed by atoms with Gasteiger partial charge >= 0.3 is 0 Å². The van der Waals surface area contributed by atoms with Gasteiger partial charge in [-0.15, -0.1) is 6.58 Å². The van der Waals surface area contributed by atoms with Gasteiger partial charge in [0.1, 0.15) is 13.2 Å². The number of aromatic nitrogens is 1. The van der Waals surface area contributed by atoms with E-state index in [1.54, 1.807) is 44.8 Å². The molecule has 3 aromatic rings. The van der Waals surface area contributed by atoms with Crippen LogP contribution in [0.15, 0.2) is 77.1 Å². The van der Waals surface area contributed by atoms with E-state index in [1.807, 2.05) is 30.3 Å². The Morgan fingerprint density at radius 1 is 1.03 bits per heavy atom. The molecule has 35 heavy (non-hydrogen) atoms. The van der Waals surface area contributed by atoms with Crippen molar-refractivity contribution in [3.63, 3.8) is 0 Å². The first kappa shape index (κ1) is 25.8. The minimum Gasteiger partial charge on any atom is -0.493 e. The van der Waals surface area contributed by atoms with Crippen molar-refractivity contribution in [2.75, 3.05) is 27.4 Å². The molecule has 182 valence electrons. The van der Waals surface area contributed by atoms with Crippen LogP contribution in [0, 0.1) is 0 Å². The standard InChI is InChI=1S/C26H26BrN3O5/c1-4-5-18-6-7-22(23(15-18)32-2)34-12-13-35-25-21(27)14-19(16-24(25)33-3)17-29-30-26(31)20-8-10-28-11-9-20/h4,6-11,14-17H,1,5,12-13H2,2-3H3,(H,30,31)/b29-17+. The fourth-order valence-electron chi connectivity index (χ4n) is 3.11. The highest BCUT2D eigenvalue weighted by molar-refractivity contribution is 9.10. The Labute approximate surface area is 212 Å². The quantitative estimate of drug-likeness (QED) is 0.154. The summed E-state index contributed by atoms with van der Waals surface area (Å²) >= 11 is 3.51. The molecule has 0 aliphatic rings. The minimum absolute atomic E-state index is 0.280. The van der Waals surface area contributed by atoms with Crippen molar-refractivity contribution in [2.45, 2.75) is 6.42 Å². The Hall–Kier alpha value is -3.85. The van der Waals surface area contributed by atoms with Crippen molar-refractivity contribution >= 4 is 28.1 Å². The van der Waals surface area contributed by atoms with Gasteiger partial charge in [0, 0.05) is 18.0 Å². The third-order valence-corrected chi connectivity index (χ3v) is 5.36. The van der Waals surface area contributed by atoms with Crippen LogP contribution in [0.4, 0.5) is 0 Å². The molecule has 0 saturated carbocycles. The maximum atomic E-state index is 12.1. The molecule has 1 N–H and O–H groups in total. The molecule has 0 aliphatic heterocycles. The number of hydrazone groups is 1. The van der Waals surface area contributed by atoms with Crippen LogP contribution in [0.25, 0.3) is 0 Å². The summed E-state index contributed by atoms with van der Waals surface area (Å²) in [5.41, 5.74) is 4.74. The summed E-state index contributed by atoms with van der Waals surface area (Å²) in [7, 11) is 3.15. The molecule has 0 fully saturated rings. The predicted molar refractivity (Wildman–Crippen MR) is 138 cm³/mol. The fourth-order valence-corrected chi connectivity index (χ4v) is 3.68. The monoisotopic (exact) mass is 539 g/mol. The van der Waals surface area contributed by atoms with E-state index in [0.717, 1.165) is 12.0 Å². The normalized spacial score (nSPS) is 10.6. The van der Waals surface area contributed by atoms with Crippen molar-refractivity contribution in [1.82, 2.24) is 10.4 Å². The van der Waals surface area contributed by atoms with Crippen molar-refractivity contribution in [2.24, 2.45) is 5.10 Å². The van der Waals surface area contributed by atoms with Gasteiger partial charge in [0.05, 0.1) is 24.9 Å². The zero-order valence-electron chi connectivity index (χ0n) is 19.5. The average Bonchev–Trinajstić information content (AvgIpc) is 2.88. The lowest BCUT2D eigenvalue weighted by Crippen LogP contribution is -2.17. The number of carbonyl (C=O) groups excluding carboxylic acids is 1. The van der Waals surface area contributed by atoms with Gasteiger partial charge in [-0.3, -0.25) is 9.78 Å². The van der Waals surface area contributed by atoms with Crippen molar-refractivity contribution in [3.05, 3.63) is 88.7 Å². The molecule has 8 nitrogen and oxygen atoms in total. The highest BCUT2D eigenvalue weighted by Gasteiger charge is 2.12. The van der Waals surface area contributed by atoms with Crippen LogP contribution in [0.3, 0.4) is 0 Å². The number of ether oxygens (including phenoxy) is 4. The molecular formula is C26H26BrN3O5. The number of nitrogens with zero attached hydrogens (tertiary/aromatic N) is 2. The molecule has 0 atom stereocenters. The largest absolute Gasteiger partial charge is 0.493 e. The molecular weight excluding hydrogens is 514 g/mol. The maximum absolute atomic E-state index is 12.1. The number of pyridine rings is 1. The fraction of sp³-hybridized carbons (Fsp3) is 0.192. The van der Waals surface area contributed by atoms with Gasteiger partial charge < -0.3 is 18.9 Å². The molecule has 1 amide bonds. The van der Waals surface area contributed by atoms with Crippen molar-refractivity contribution in [1.29, 1.82) is 0 Å². The zero-order chi connectivity index (χ0) is 25.0. The number of methoxy groups -OCH3 is 2. The molecule has 0 bridgehead atoms. The molecule has 3 rings (SSSR count). The van der Waals surface area contributed by atoms with Gasteiger partial charge in [0.25, 0.3) is 5.91 Å². The Morgan fingerprint density at radius 2 is 1.77 bits per heavy atom. The van der Waals surface area contributed by atoms with Gasteiger partial charge in [-0.1, -0.05) is 12.1 Å². The van der Waals surface area contributed by atoms with Crippen molar-refractivity contribution < 1.29 is 23.7 Å². The van der Waals surface area contributed by atoms with Crippen LogP contribution in [0.1, 0.15) is 21.5 Å². The number of rotatable bonds is 12. The summed E-state index contributed by atoms with van der Waals surface area (Å²) in [5.74, 6) is 2.00. The Bertz CT molecular complexity index is 1190. The molecule has 1 heterocycles. The van der Waals surface area contributed by atoms with Crippen LogP contribution in [0.2, 0.25) is 0 Å². The van der Waals surface area contributed by atoms with Gasteiger partial charge in [-0.25, -0.2) is 5.43 Å². The second kappa shape index (κ2) is 13.1. The maximum Gasteiger partial charge on any atom is 0.271 e. The highest BCUT2D eigenvalue weighted by atomic mass is 79.9. The summed E-state index contributed by atoms with van der Waals surface area (Å²) in [6.07, 6.45) is 7.19. The number of hydrogen-bond acceptors (Lipinski definition) is 7. The van der Waals surface area contributed by atoms with E-state index in [1.165, 1.54) is 6.21 Å². The number of carbonyl (C=O) groups is 1. The lowest BCUT2D eigenvalue weighted by molar-refractivity contribution is 0.0955. The minimum atomic E-state index is -0.332. The van der Waals surface area contributed by atoms with Gasteiger partial charge in [0.2, 0.25) is 0 Å². The lowest BCUT2D eigenvalue weighted by atomic mass is 10.1.